The van der Waals surface area contributed by atoms with Crippen LogP contribution in [0.4, 0.5) is 5.82 Å². The van der Waals surface area contributed by atoms with Crippen molar-refractivity contribution in [2.75, 3.05) is 12.3 Å². The predicted molar refractivity (Wildman–Crippen MR) is 119 cm³/mol. The van der Waals surface area contributed by atoms with E-state index in [4.69, 9.17) is 5.73 Å². The first kappa shape index (κ1) is 22.0. The summed E-state index contributed by atoms with van der Waals surface area (Å²) in [6.07, 6.45) is 1.96. The predicted octanol–water partition coefficient (Wildman–Crippen LogP) is 3.38. The molecule has 30 heavy (non-hydrogen) atoms. The number of pyridine rings is 1. The summed E-state index contributed by atoms with van der Waals surface area (Å²) in [5.74, 6) is 0.398. The average molecular weight is 429 g/mol. The molecule has 0 aliphatic heterocycles. The molecule has 5 N–H and O–H groups in total. The number of nitrogens with two attached hydrogens (primary N) is 1. The zero-order chi connectivity index (χ0) is 22.1. The van der Waals surface area contributed by atoms with E-state index in [1.54, 1.807) is 38.2 Å². The van der Waals surface area contributed by atoms with Crippen LogP contribution in [0.3, 0.4) is 0 Å². The number of nitrogens with one attached hydrogen (secondary N) is 2. The monoisotopic (exact) mass is 428 g/mol. The molecule has 0 atom stereocenters. The molecule has 0 bridgehead atoms. The molecule has 0 aliphatic rings. The molecule has 2 heterocycles. The van der Waals surface area contributed by atoms with E-state index < -0.39 is 15.6 Å². The Morgan fingerprint density at radius 3 is 2.50 bits per heavy atom. The third-order valence-corrected chi connectivity index (χ3v) is 6.36. The van der Waals surface area contributed by atoms with Crippen molar-refractivity contribution < 1.29 is 13.5 Å². The summed E-state index contributed by atoms with van der Waals surface area (Å²) in [7, 11) is -3.71. The van der Waals surface area contributed by atoms with E-state index in [1.165, 1.54) is 0 Å². The van der Waals surface area contributed by atoms with Crippen LogP contribution in [0, 0.1) is 13.8 Å². The molecule has 0 amide bonds. The number of aromatic nitrogens is 2. The molecule has 3 rings (SSSR count). The molecule has 3 aromatic rings. The molecular formula is C22H28N4O3S. The number of nitrogen functional groups attached to an aromatic ring is 1. The second kappa shape index (κ2) is 8.22. The third-order valence-electron chi connectivity index (χ3n) is 4.90. The fraction of sp³-hybridized carbons (Fsp3) is 0.318. The molecule has 2 aromatic heterocycles. The molecule has 8 heteroatoms. The highest BCUT2D eigenvalue weighted by Crippen LogP contribution is 2.32. The van der Waals surface area contributed by atoms with Crippen molar-refractivity contribution in [1.82, 2.24) is 14.7 Å². The van der Waals surface area contributed by atoms with Crippen molar-refractivity contribution in [3.05, 3.63) is 53.9 Å². The molecule has 0 radical (unpaired) electrons. The van der Waals surface area contributed by atoms with Crippen LogP contribution < -0.4 is 10.5 Å². The number of aromatic amines is 1. The van der Waals surface area contributed by atoms with Gasteiger partial charge in [0.05, 0.1) is 10.5 Å². The summed E-state index contributed by atoms with van der Waals surface area (Å²) in [6, 6.07) is 10.8. The molecule has 0 spiro atoms. The van der Waals surface area contributed by atoms with Gasteiger partial charge in [0.1, 0.15) is 5.82 Å². The minimum absolute atomic E-state index is 0.148. The summed E-state index contributed by atoms with van der Waals surface area (Å²) in [4.78, 5) is 7.73. The maximum absolute atomic E-state index is 12.7. The van der Waals surface area contributed by atoms with E-state index in [0.717, 1.165) is 33.6 Å². The molecule has 1 aromatic carbocycles. The highest BCUT2D eigenvalue weighted by molar-refractivity contribution is 7.89. The SMILES string of the molecule is Cc1ccc(-c2cc(-c3cc(S(=O)(=O)NCCC(C)(C)O)ccc3C)cnc2N)[nH]1. The van der Waals surface area contributed by atoms with Crippen LogP contribution in [0.15, 0.2) is 47.5 Å². The first-order chi connectivity index (χ1) is 14.0. The second-order valence-electron chi connectivity index (χ2n) is 8.15. The lowest BCUT2D eigenvalue weighted by Gasteiger charge is -2.17. The lowest BCUT2D eigenvalue weighted by atomic mass is 10.00. The molecule has 7 nitrogen and oxygen atoms in total. The minimum atomic E-state index is -3.71. The van der Waals surface area contributed by atoms with Crippen molar-refractivity contribution >= 4 is 15.8 Å². The Bertz CT molecular complexity index is 1160. The first-order valence-corrected chi connectivity index (χ1v) is 11.2. The van der Waals surface area contributed by atoms with Crippen molar-refractivity contribution in [3.8, 4) is 22.4 Å². The quantitative estimate of drug-likeness (QED) is 0.460. The van der Waals surface area contributed by atoms with Gasteiger partial charge in [0.15, 0.2) is 0 Å². The van der Waals surface area contributed by atoms with Crippen LogP contribution in [0.1, 0.15) is 31.5 Å². The van der Waals surface area contributed by atoms with Crippen LogP contribution in [-0.2, 0) is 10.0 Å². The summed E-state index contributed by atoms with van der Waals surface area (Å²) in [5.41, 5.74) is 10.2. The standard InChI is InChI=1S/C22H28N4O3S/c1-14-5-7-17(30(28,29)25-10-9-22(3,4)27)12-18(14)16-11-19(21(23)24-13-16)20-8-6-15(2)26-20/h5-8,11-13,25-27H,9-10H2,1-4H3,(H2,23,24). The molecule has 160 valence electrons. The number of benzene rings is 1. The Labute approximate surface area is 177 Å². The van der Waals surface area contributed by atoms with Gasteiger partial charge in [-0.1, -0.05) is 6.07 Å². The summed E-state index contributed by atoms with van der Waals surface area (Å²) < 4.78 is 28.0. The van der Waals surface area contributed by atoms with Crippen molar-refractivity contribution in [3.63, 3.8) is 0 Å². The third kappa shape index (κ3) is 5.08. The maximum atomic E-state index is 12.7. The highest BCUT2D eigenvalue weighted by atomic mass is 32.2. The summed E-state index contributed by atoms with van der Waals surface area (Å²) >= 11 is 0. The van der Waals surface area contributed by atoms with Gasteiger partial charge in [-0.2, -0.15) is 0 Å². The lowest BCUT2D eigenvalue weighted by Crippen LogP contribution is -2.30. The van der Waals surface area contributed by atoms with E-state index in [0.29, 0.717) is 12.2 Å². The van der Waals surface area contributed by atoms with Crippen LogP contribution in [0.5, 0.6) is 0 Å². The van der Waals surface area contributed by atoms with Gasteiger partial charge < -0.3 is 15.8 Å². The molecular weight excluding hydrogens is 400 g/mol. The number of aliphatic hydroxyl groups is 1. The van der Waals surface area contributed by atoms with E-state index >= 15 is 0 Å². The Balaban J connectivity index is 1.96. The van der Waals surface area contributed by atoms with Crippen molar-refractivity contribution in [2.45, 2.75) is 44.6 Å². The fourth-order valence-electron chi connectivity index (χ4n) is 3.15. The van der Waals surface area contributed by atoms with E-state index in [2.05, 4.69) is 14.7 Å². The number of H-pyrrole nitrogens is 1. The zero-order valence-corrected chi connectivity index (χ0v) is 18.5. The largest absolute Gasteiger partial charge is 0.390 e. The fourth-order valence-corrected chi connectivity index (χ4v) is 4.21. The van der Waals surface area contributed by atoms with E-state index in [9.17, 15) is 13.5 Å². The Kier molecular flexibility index (Phi) is 6.03. The van der Waals surface area contributed by atoms with Gasteiger partial charge in [-0.3, -0.25) is 0 Å². The van der Waals surface area contributed by atoms with Gasteiger partial charge in [0.2, 0.25) is 10.0 Å². The Hall–Kier alpha value is -2.68. The number of nitrogens with zero attached hydrogens (tertiary/aromatic N) is 1. The minimum Gasteiger partial charge on any atom is -0.390 e. The van der Waals surface area contributed by atoms with E-state index in [1.807, 2.05) is 32.0 Å². The number of anilines is 1. The van der Waals surface area contributed by atoms with Gasteiger partial charge in [0.25, 0.3) is 0 Å². The summed E-state index contributed by atoms with van der Waals surface area (Å²) in [5, 5.41) is 9.80. The van der Waals surface area contributed by atoms with Crippen LogP contribution in [0.2, 0.25) is 0 Å². The molecule has 0 unspecified atom stereocenters. The Morgan fingerprint density at radius 2 is 1.87 bits per heavy atom. The molecule has 0 saturated carbocycles. The first-order valence-electron chi connectivity index (χ1n) is 9.71. The van der Waals surface area contributed by atoms with Crippen LogP contribution >= 0.6 is 0 Å². The number of hydrogen-bond donors (Lipinski definition) is 4. The van der Waals surface area contributed by atoms with Gasteiger partial charge in [-0.25, -0.2) is 18.1 Å². The second-order valence-corrected chi connectivity index (χ2v) is 9.92. The van der Waals surface area contributed by atoms with Gasteiger partial charge >= 0.3 is 0 Å². The smallest absolute Gasteiger partial charge is 0.240 e. The molecule has 0 fully saturated rings. The van der Waals surface area contributed by atoms with Gasteiger partial charge in [0, 0.05) is 35.3 Å². The van der Waals surface area contributed by atoms with E-state index in [-0.39, 0.29) is 11.4 Å². The van der Waals surface area contributed by atoms with Gasteiger partial charge in [-0.15, -0.1) is 0 Å². The normalized spacial score (nSPS) is 12.3. The number of aryl methyl sites for hydroxylation is 2. The maximum Gasteiger partial charge on any atom is 0.240 e. The topological polar surface area (TPSA) is 121 Å². The highest BCUT2D eigenvalue weighted by Gasteiger charge is 2.19. The lowest BCUT2D eigenvalue weighted by molar-refractivity contribution is 0.0728. The number of rotatable bonds is 7. The average Bonchev–Trinajstić information content (AvgIpc) is 3.07. The van der Waals surface area contributed by atoms with Crippen LogP contribution in [-0.4, -0.2) is 35.6 Å². The Morgan fingerprint density at radius 1 is 1.13 bits per heavy atom. The number of sulfonamides is 1. The summed E-state index contributed by atoms with van der Waals surface area (Å²) in [6.45, 7) is 7.31. The van der Waals surface area contributed by atoms with Crippen molar-refractivity contribution in [1.29, 1.82) is 0 Å². The molecule has 0 aliphatic carbocycles. The zero-order valence-electron chi connectivity index (χ0n) is 17.7. The van der Waals surface area contributed by atoms with Crippen molar-refractivity contribution in [2.24, 2.45) is 0 Å². The number of hydrogen-bond acceptors (Lipinski definition) is 5. The molecule has 0 saturated heterocycles. The van der Waals surface area contributed by atoms with Gasteiger partial charge in [-0.05, 0) is 75.6 Å². The van der Waals surface area contributed by atoms with Crippen LogP contribution in [0.25, 0.3) is 22.4 Å².